The summed E-state index contributed by atoms with van der Waals surface area (Å²) >= 11 is 0. The number of terminal acetylenes is 2. The first-order valence-corrected chi connectivity index (χ1v) is 6.66. The van der Waals surface area contributed by atoms with Gasteiger partial charge in [0.2, 0.25) is 0 Å². The van der Waals surface area contributed by atoms with Crippen LogP contribution in [0.25, 0.3) is 11.0 Å². The third-order valence-corrected chi connectivity index (χ3v) is 3.09. The van der Waals surface area contributed by atoms with Crippen LogP contribution in [0.2, 0.25) is 0 Å². The number of nitrogens with zero attached hydrogens (tertiary/aromatic N) is 4. The van der Waals surface area contributed by atoms with Gasteiger partial charge in [0, 0.05) is 12.6 Å². The lowest BCUT2D eigenvalue weighted by molar-refractivity contribution is -0.0605. The second kappa shape index (κ2) is 8.41. The highest BCUT2D eigenvalue weighted by Gasteiger charge is 2.19. The maximum Gasteiger partial charge on any atom is 0.148 e. The topological polar surface area (TPSA) is 110 Å². The van der Waals surface area contributed by atoms with Gasteiger partial charge in [-0.1, -0.05) is 0 Å². The highest BCUT2D eigenvalue weighted by Crippen LogP contribution is 2.27. The summed E-state index contributed by atoms with van der Waals surface area (Å²) in [7, 11) is 0. The Morgan fingerprint density at radius 2 is 2.17 bits per heavy atom. The van der Waals surface area contributed by atoms with E-state index in [0.29, 0.717) is 23.0 Å². The summed E-state index contributed by atoms with van der Waals surface area (Å²) < 4.78 is 7.36. The molecule has 7 heteroatoms. The van der Waals surface area contributed by atoms with Crippen LogP contribution in [0.3, 0.4) is 0 Å². The van der Waals surface area contributed by atoms with Crippen molar-refractivity contribution in [1.82, 2.24) is 14.5 Å². The third kappa shape index (κ3) is 3.78. The Morgan fingerprint density at radius 1 is 1.48 bits per heavy atom. The monoisotopic (exact) mass is 311 g/mol. The highest BCUT2D eigenvalue weighted by molar-refractivity contribution is 5.91. The molecule has 2 atom stereocenters. The molecule has 0 aliphatic carbocycles. The van der Waals surface area contributed by atoms with Crippen LogP contribution in [-0.2, 0) is 4.74 Å². The number of nitrogens with two attached hydrogens (primary N) is 1. The van der Waals surface area contributed by atoms with Crippen LogP contribution in [-0.4, -0.2) is 32.4 Å². The van der Waals surface area contributed by atoms with Gasteiger partial charge in [-0.2, -0.15) is 5.26 Å². The molecule has 0 amide bonds. The number of fused-ring (bicyclic) bond motifs is 1. The van der Waals surface area contributed by atoms with E-state index in [2.05, 4.69) is 34.8 Å². The Balaban J connectivity index is 0.00000127. The molecule has 2 aromatic rings. The van der Waals surface area contributed by atoms with Crippen molar-refractivity contribution in [1.29, 1.82) is 5.26 Å². The van der Waals surface area contributed by atoms with E-state index in [4.69, 9.17) is 16.9 Å². The second-order valence-corrected chi connectivity index (χ2v) is 4.47. The van der Waals surface area contributed by atoms with Crippen LogP contribution in [0.1, 0.15) is 25.1 Å². The average Bonchev–Trinajstić information content (AvgIpc) is 2.96. The van der Waals surface area contributed by atoms with Gasteiger partial charge in [0.05, 0.1) is 23.7 Å². The van der Waals surface area contributed by atoms with E-state index < -0.39 is 12.3 Å². The minimum absolute atomic E-state index is 0.185. The Hall–Kier alpha value is -3.05. The van der Waals surface area contributed by atoms with Gasteiger partial charge in [0.15, 0.2) is 0 Å². The SMILES string of the molecule is C#C.C#CC[C@@H](CO)O[C@H](C)n1cc(C#N)c2c(N)ncnc21. The maximum atomic E-state index is 9.23. The Bertz CT molecular complexity index is 766. The van der Waals surface area contributed by atoms with Crippen LogP contribution < -0.4 is 5.73 Å². The first kappa shape index (κ1) is 18.0. The van der Waals surface area contributed by atoms with E-state index in [1.807, 2.05) is 0 Å². The molecule has 0 fully saturated rings. The first-order valence-electron chi connectivity index (χ1n) is 6.66. The van der Waals surface area contributed by atoms with E-state index in [9.17, 15) is 10.4 Å². The number of aromatic nitrogens is 3. The summed E-state index contributed by atoms with van der Waals surface area (Å²) in [5.74, 6) is 2.69. The molecular weight excluding hydrogens is 294 g/mol. The van der Waals surface area contributed by atoms with Gasteiger partial charge in [-0.3, -0.25) is 0 Å². The molecule has 0 radical (unpaired) electrons. The number of hydrogen-bond donors (Lipinski definition) is 2. The predicted octanol–water partition coefficient (Wildman–Crippen LogP) is 1.05. The minimum atomic E-state index is -0.479. The number of anilines is 1. The average molecular weight is 311 g/mol. The van der Waals surface area contributed by atoms with Gasteiger partial charge in [0.1, 0.15) is 30.1 Å². The molecule has 23 heavy (non-hydrogen) atoms. The normalized spacial score (nSPS) is 12.4. The van der Waals surface area contributed by atoms with Gasteiger partial charge < -0.3 is 20.1 Å². The molecule has 0 bridgehead atoms. The molecule has 0 aromatic carbocycles. The Kier molecular flexibility index (Phi) is 6.58. The van der Waals surface area contributed by atoms with Crippen molar-refractivity contribution in [2.45, 2.75) is 25.7 Å². The molecular formula is C16H17N5O2. The minimum Gasteiger partial charge on any atom is -0.394 e. The molecule has 0 spiro atoms. The zero-order valence-electron chi connectivity index (χ0n) is 12.7. The number of nitriles is 1. The van der Waals surface area contributed by atoms with Gasteiger partial charge >= 0.3 is 0 Å². The van der Waals surface area contributed by atoms with E-state index in [0.717, 1.165) is 0 Å². The third-order valence-electron chi connectivity index (χ3n) is 3.09. The Morgan fingerprint density at radius 3 is 2.74 bits per heavy atom. The van der Waals surface area contributed by atoms with Crippen molar-refractivity contribution >= 4 is 16.9 Å². The predicted molar refractivity (Wildman–Crippen MR) is 86.7 cm³/mol. The van der Waals surface area contributed by atoms with Gasteiger partial charge in [-0.15, -0.1) is 25.2 Å². The van der Waals surface area contributed by atoms with E-state index >= 15 is 0 Å². The fraction of sp³-hybridized carbons (Fsp3) is 0.312. The van der Waals surface area contributed by atoms with Crippen LogP contribution in [0.4, 0.5) is 5.82 Å². The fourth-order valence-corrected chi connectivity index (χ4v) is 2.10. The summed E-state index contributed by atoms with van der Waals surface area (Å²) in [6.45, 7) is 1.59. The number of aliphatic hydroxyl groups is 1. The van der Waals surface area contributed by atoms with Crippen molar-refractivity contribution in [3.05, 3.63) is 18.1 Å². The van der Waals surface area contributed by atoms with Crippen molar-refractivity contribution in [3.8, 4) is 31.3 Å². The Labute approximate surface area is 134 Å². The smallest absolute Gasteiger partial charge is 0.148 e. The standard InChI is InChI=1S/C14H15N5O2.C2H2/c1-3-4-11(7-20)21-9(2)19-6-10(5-15)12-13(16)17-8-18-14(12)19;1-2/h1,6,8-9,11,20H,4,7H2,2H3,(H2,16,17,18);1-2H/t9-,11+;/m1./s1. The summed E-state index contributed by atoms with van der Waals surface area (Å²) in [5.41, 5.74) is 6.67. The van der Waals surface area contributed by atoms with E-state index in [-0.39, 0.29) is 12.4 Å². The van der Waals surface area contributed by atoms with Crippen molar-refractivity contribution in [2.24, 2.45) is 0 Å². The summed E-state index contributed by atoms with van der Waals surface area (Å²) in [4.78, 5) is 8.04. The van der Waals surface area contributed by atoms with E-state index in [1.165, 1.54) is 6.33 Å². The molecule has 7 nitrogen and oxygen atoms in total. The largest absolute Gasteiger partial charge is 0.394 e. The summed E-state index contributed by atoms with van der Waals surface area (Å²) in [5, 5.41) is 18.9. The van der Waals surface area contributed by atoms with Crippen LogP contribution in [0, 0.1) is 36.5 Å². The maximum absolute atomic E-state index is 9.23. The molecule has 118 valence electrons. The second-order valence-electron chi connectivity index (χ2n) is 4.47. The van der Waals surface area contributed by atoms with Gasteiger partial charge in [-0.05, 0) is 6.92 Å². The van der Waals surface area contributed by atoms with Crippen LogP contribution in [0.5, 0.6) is 0 Å². The summed E-state index contributed by atoms with van der Waals surface area (Å²) in [6, 6.07) is 2.06. The lowest BCUT2D eigenvalue weighted by Crippen LogP contribution is -2.22. The van der Waals surface area contributed by atoms with Crippen molar-refractivity contribution < 1.29 is 9.84 Å². The van der Waals surface area contributed by atoms with Crippen LogP contribution >= 0.6 is 0 Å². The van der Waals surface area contributed by atoms with Gasteiger partial charge in [-0.25, -0.2) is 9.97 Å². The lowest BCUT2D eigenvalue weighted by Gasteiger charge is -2.20. The molecule has 2 heterocycles. The van der Waals surface area contributed by atoms with Crippen molar-refractivity contribution in [2.75, 3.05) is 12.3 Å². The molecule has 0 saturated carbocycles. The summed E-state index contributed by atoms with van der Waals surface area (Å²) in [6.07, 6.45) is 15.5. The number of nitrogen functional groups attached to an aromatic ring is 1. The quantitative estimate of drug-likeness (QED) is 0.799. The highest BCUT2D eigenvalue weighted by atomic mass is 16.5. The van der Waals surface area contributed by atoms with E-state index in [1.54, 1.807) is 17.7 Å². The molecule has 2 aromatic heterocycles. The van der Waals surface area contributed by atoms with Crippen molar-refractivity contribution in [3.63, 3.8) is 0 Å². The van der Waals surface area contributed by atoms with Crippen LogP contribution in [0.15, 0.2) is 12.5 Å². The number of rotatable bonds is 5. The van der Waals surface area contributed by atoms with Gasteiger partial charge in [0.25, 0.3) is 0 Å². The first-order chi connectivity index (χ1) is 11.1. The lowest BCUT2D eigenvalue weighted by atomic mass is 10.2. The molecule has 2 rings (SSSR count). The number of hydrogen-bond acceptors (Lipinski definition) is 6. The number of aliphatic hydroxyl groups excluding tert-OH is 1. The molecule has 0 aliphatic rings. The molecule has 0 aliphatic heterocycles. The fourth-order valence-electron chi connectivity index (χ4n) is 2.10. The molecule has 0 unspecified atom stereocenters. The molecule has 3 N–H and O–H groups in total. The molecule has 0 saturated heterocycles. The zero-order valence-corrected chi connectivity index (χ0v) is 12.7. The zero-order chi connectivity index (χ0) is 17.4. The number of ether oxygens (including phenoxy) is 1.